The minimum absolute atomic E-state index is 0.139. The summed E-state index contributed by atoms with van der Waals surface area (Å²) in [7, 11) is 0. The maximum absolute atomic E-state index is 10.8. The fraction of sp³-hybridized carbons (Fsp3) is 0.188. The Kier molecular flexibility index (Phi) is 5.46. The number of rotatable bonds is 7. The molecular formula is C16H15ClO4. The van der Waals surface area contributed by atoms with Crippen LogP contribution in [0.1, 0.15) is 16.8 Å². The van der Waals surface area contributed by atoms with Crippen molar-refractivity contribution in [3.05, 3.63) is 59.1 Å². The topological polar surface area (TPSA) is 55.8 Å². The quantitative estimate of drug-likeness (QED) is 0.789. The van der Waals surface area contributed by atoms with Gasteiger partial charge in [0.25, 0.3) is 0 Å². The largest absolute Gasteiger partial charge is 0.493 e. The van der Waals surface area contributed by atoms with Gasteiger partial charge in [-0.15, -0.1) is 0 Å². The van der Waals surface area contributed by atoms with Crippen molar-refractivity contribution in [1.82, 2.24) is 0 Å². The monoisotopic (exact) mass is 306 g/mol. The molecule has 0 bridgehead atoms. The molecule has 0 saturated carbocycles. The van der Waals surface area contributed by atoms with Crippen molar-refractivity contribution in [2.75, 3.05) is 13.2 Å². The molecule has 5 heteroatoms. The van der Waals surface area contributed by atoms with Crippen LogP contribution in [0, 0.1) is 0 Å². The number of hydrogen-bond donors (Lipinski definition) is 1. The first kappa shape index (κ1) is 15.2. The molecule has 0 aliphatic rings. The molecule has 0 heterocycles. The zero-order valence-electron chi connectivity index (χ0n) is 11.3. The van der Waals surface area contributed by atoms with Gasteiger partial charge in [0.15, 0.2) is 0 Å². The average molecular weight is 307 g/mol. The smallest absolute Gasteiger partial charge is 0.335 e. The molecule has 0 aliphatic heterocycles. The summed E-state index contributed by atoms with van der Waals surface area (Å²) in [5.41, 5.74) is 0.139. The molecule has 2 rings (SSSR count). The van der Waals surface area contributed by atoms with Crippen LogP contribution in [0.15, 0.2) is 48.5 Å². The maximum Gasteiger partial charge on any atom is 0.335 e. The van der Waals surface area contributed by atoms with E-state index >= 15 is 0 Å². The Morgan fingerprint density at radius 2 is 1.76 bits per heavy atom. The molecule has 4 nitrogen and oxygen atoms in total. The van der Waals surface area contributed by atoms with Crippen molar-refractivity contribution in [2.24, 2.45) is 0 Å². The molecule has 2 aromatic rings. The van der Waals surface area contributed by atoms with Crippen molar-refractivity contribution in [3.8, 4) is 11.5 Å². The Bertz CT molecular complexity index is 598. The summed E-state index contributed by atoms with van der Waals surface area (Å²) in [6.45, 7) is 0.980. The second-order valence-electron chi connectivity index (χ2n) is 4.31. The number of carbonyl (C=O) groups is 1. The summed E-state index contributed by atoms with van der Waals surface area (Å²) in [5, 5.41) is 9.13. The highest BCUT2D eigenvalue weighted by Crippen LogP contribution is 2.25. The second kappa shape index (κ2) is 7.55. The van der Waals surface area contributed by atoms with Gasteiger partial charge in [0.05, 0.1) is 23.8 Å². The van der Waals surface area contributed by atoms with Gasteiger partial charge >= 0.3 is 5.97 Å². The fourth-order valence-electron chi connectivity index (χ4n) is 1.70. The SMILES string of the molecule is O=C(O)c1ccc(OCCCOc2ccccc2)c(Cl)c1. The van der Waals surface area contributed by atoms with Gasteiger partial charge < -0.3 is 14.6 Å². The summed E-state index contributed by atoms with van der Waals surface area (Å²) in [4.78, 5) is 10.8. The molecule has 2 aromatic carbocycles. The lowest BCUT2D eigenvalue weighted by Gasteiger charge is -2.09. The second-order valence-corrected chi connectivity index (χ2v) is 4.72. The molecule has 0 fully saturated rings. The van der Waals surface area contributed by atoms with Crippen molar-refractivity contribution >= 4 is 17.6 Å². The normalized spacial score (nSPS) is 10.1. The highest BCUT2D eigenvalue weighted by atomic mass is 35.5. The lowest BCUT2D eigenvalue weighted by atomic mass is 10.2. The average Bonchev–Trinajstić information content (AvgIpc) is 2.49. The van der Waals surface area contributed by atoms with E-state index in [9.17, 15) is 4.79 Å². The predicted octanol–water partition coefficient (Wildman–Crippen LogP) is 3.89. The minimum atomic E-state index is -1.01. The minimum Gasteiger partial charge on any atom is -0.493 e. The third-order valence-corrected chi connectivity index (χ3v) is 3.03. The summed E-state index contributed by atoms with van der Waals surface area (Å²) in [5.74, 6) is 0.280. The number of halogens is 1. The third-order valence-electron chi connectivity index (χ3n) is 2.74. The summed E-state index contributed by atoms with van der Waals surface area (Å²) in [6.07, 6.45) is 0.700. The Balaban J connectivity index is 1.75. The van der Waals surface area contributed by atoms with E-state index in [2.05, 4.69) is 0 Å². The first-order valence-electron chi connectivity index (χ1n) is 6.50. The van der Waals surface area contributed by atoms with Gasteiger partial charge in [0.1, 0.15) is 11.5 Å². The summed E-state index contributed by atoms with van der Waals surface area (Å²) in [6, 6.07) is 13.9. The molecule has 1 N–H and O–H groups in total. The van der Waals surface area contributed by atoms with Crippen molar-refractivity contribution in [3.63, 3.8) is 0 Å². The molecular weight excluding hydrogens is 292 g/mol. The Hall–Kier alpha value is -2.20. The first-order valence-corrected chi connectivity index (χ1v) is 6.88. The van der Waals surface area contributed by atoms with E-state index in [4.69, 9.17) is 26.2 Å². The van der Waals surface area contributed by atoms with Gasteiger partial charge in [-0.25, -0.2) is 4.79 Å². The maximum atomic E-state index is 10.8. The van der Waals surface area contributed by atoms with E-state index in [1.807, 2.05) is 30.3 Å². The van der Waals surface area contributed by atoms with Crippen LogP contribution in [-0.4, -0.2) is 24.3 Å². The molecule has 0 radical (unpaired) electrons. The molecule has 21 heavy (non-hydrogen) atoms. The predicted molar refractivity (Wildman–Crippen MR) is 80.5 cm³/mol. The standard InChI is InChI=1S/C16H15ClO4/c17-14-11-12(16(18)19)7-8-15(14)21-10-4-9-20-13-5-2-1-3-6-13/h1-3,5-8,11H,4,9-10H2,(H,18,19). The van der Waals surface area contributed by atoms with E-state index < -0.39 is 5.97 Å². The lowest BCUT2D eigenvalue weighted by Crippen LogP contribution is -2.05. The fourth-order valence-corrected chi connectivity index (χ4v) is 1.93. The van der Waals surface area contributed by atoms with Gasteiger partial charge in [0.2, 0.25) is 0 Å². The Labute approximate surface area is 127 Å². The summed E-state index contributed by atoms with van der Waals surface area (Å²) < 4.78 is 11.0. The van der Waals surface area contributed by atoms with Crippen LogP contribution in [0.25, 0.3) is 0 Å². The molecule has 110 valence electrons. The van der Waals surface area contributed by atoms with E-state index in [1.54, 1.807) is 6.07 Å². The molecule has 0 spiro atoms. The van der Waals surface area contributed by atoms with Crippen LogP contribution in [0.4, 0.5) is 0 Å². The van der Waals surface area contributed by atoms with Crippen LogP contribution in [0.5, 0.6) is 11.5 Å². The van der Waals surface area contributed by atoms with Crippen molar-refractivity contribution < 1.29 is 19.4 Å². The van der Waals surface area contributed by atoms with Crippen LogP contribution in [-0.2, 0) is 0 Å². The number of carboxylic acid groups (broad SMARTS) is 1. The Morgan fingerprint density at radius 3 is 2.43 bits per heavy atom. The number of carboxylic acids is 1. The number of benzene rings is 2. The van der Waals surface area contributed by atoms with Crippen LogP contribution < -0.4 is 9.47 Å². The van der Waals surface area contributed by atoms with Gasteiger partial charge in [0, 0.05) is 6.42 Å². The first-order chi connectivity index (χ1) is 10.2. The number of para-hydroxylation sites is 1. The highest BCUT2D eigenvalue weighted by molar-refractivity contribution is 6.32. The molecule has 0 aliphatic carbocycles. The summed E-state index contributed by atoms with van der Waals surface area (Å²) >= 11 is 5.96. The number of ether oxygens (including phenoxy) is 2. The van der Waals surface area contributed by atoms with Gasteiger partial charge in [-0.05, 0) is 30.3 Å². The lowest BCUT2D eigenvalue weighted by molar-refractivity contribution is 0.0697. The zero-order chi connectivity index (χ0) is 15.1. The van der Waals surface area contributed by atoms with Crippen molar-refractivity contribution in [1.29, 1.82) is 0 Å². The van der Waals surface area contributed by atoms with Gasteiger partial charge in [-0.3, -0.25) is 0 Å². The molecule has 0 unspecified atom stereocenters. The van der Waals surface area contributed by atoms with Crippen LogP contribution in [0.2, 0.25) is 5.02 Å². The Morgan fingerprint density at radius 1 is 1.05 bits per heavy atom. The number of aromatic carboxylic acids is 1. The van der Waals surface area contributed by atoms with Crippen LogP contribution >= 0.6 is 11.6 Å². The third kappa shape index (κ3) is 4.68. The van der Waals surface area contributed by atoms with E-state index in [1.165, 1.54) is 12.1 Å². The zero-order valence-corrected chi connectivity index (χ0v) is 12.0. The van der Waals surface area contributed by atoms with E-state index in [-0.39, 0.29) is 5.56 Å². The molecule has 0 aromatic heterocycles. The van der Waals surface area contributed by atoms with Crippen molar-refractivity contribution in [2.45, 2.75) is 6.42 Å². The van der Waals surface area contributed by atoms with Gasteiger partial charge in [-0.1, -0.05) is 29.8 Å². The molecule has 0 atom stereocenters. The van der Waals surface area contributed by atoms with E-state index in [0.29, 0.717) is 30.4 Å². The molecule has 0 amide bonds. The highest BCUT2D eigenvalue weighted by Gasteiger charge is 2.07. The van der Waals surface area contributed by atoms with E-state index in [0.717, 1.165) is 5.75 Å². The van der Waals surface area contributed by atoms with Gasteiger partial charge in [-0.2, -0.15) is 0 Å². The number of hydrogen-bond acceptors (Lipinski definition) is 3. The molecule has 0 saturated heterocycles. The van der Waals surface area contributed by atoms with Crippen LogP contribution in [0.3, 0.4) is 0 Å².